The summed E-state index contributed by atoms with van der Waals surface area (Å²) in [4.78, 5) is 14.0. The lowest BCUT2D eigenvalue weighted by molar-refractivity contribution is 0.0898. The van der Waals surface area contributed by atoms with Gasteiger partial charge in [0.2, 0.25) is 0 Å². The van der Waals surface area contributed by atoms with Gasteiger partial charge in [-0.25, -0.2) is 0 Å². The van der Waals surface area contributed by atoms with Crippen molar-refractivity contribution in [2.24, 2.45) is 0 Å². The van der Waals surface area contributed by atoms with Crippen LogP contribution in [0.1, 0.15) is 16.8 Å². The minimum absolute atomic E-state index is 0.0675. The summed E-state index contributed by atoms with van der Waals surface area (Å²) in [6.07, 6.45) is 1.14. The highest BCUT2D eigenvalue weighted by Gasteiger charge is 2.24. The second kappa shape index (κ2) is 5.37. The number of benzene rings is 1. The van der Waals surface area contributed by atoms with Crippen molar-refractivity contribution in [3.05, 3.63) is 23.8 Å². The SMILES string of the molecule is COC1CCN(CC(=O)c2ccc(O)c(O)c2)C1. The average Bonchev–Trinajstić information content (AvgIpc) is 2.80. The number of ether oxygens (including phenoxy) is 1. The Hall–Kier alpha value is -1.59. The molecule has 2 N–H and O–H groups in total. The first-order chi connectivity index (χ1) is 8.60. The van der Waals surface area contributed by atoms with Crippen molar-refractivity contribution >= 4 is 5.78 Å². The van der Waals surface area contributed by atoms with Crippen molar-refractivity contribution in [1.29, 1.82) is 0 Å². The summed E-state index contributed by atoms with van der Waals surface area (Å²) in [5.41, 5.74) is 0.408. The summed E-state index contributed by atoms with van der Waals surface area (Å²) in [5.74, 6) is -0.550. The highest BCUT2D eigenvalue weighted by molar-refractivity contribution is 5.98. The molecule has 1 aromatic carbocycles. The lowest BCUT2D eigenvalue weighted by atomic mass is 10.1. The van der Waals surface area contributed by atoms with Gasteiger partial charge in [0, 0.05) is 25.8 Å². The molecule has 1 heterocycles. The van der Waals surface area contributed by atoms with Crippen molar-refractivity contribution in [3.63, 3.8) is 0 Å². The molecule has 5 nitrogen and oxygen atoms in total. The average molecular weight is 251 g/mol. The Balaban J connectivity index is 1.97. The van der Waals surface area contributed by atoms with Crippen LogP contribution in [-0.2, 0) is 4.74 Å². The Morgan fingerprint density at radius 3 is 2.83 bits per heavy atom. The number of aromatic hydroxyl groups is 2. The van der Waals surface area contributed by atoms with E-state index in [4.69, 9.17) is 4.74 Å². The Bertz CT molecular complexity index is 447. The van der Waals surface area contributed by atoms with E-state index >= 15 is 0 Å². The maximum absolute atomic E-state index is 12.0. The highest BCUT2D eigenvalue weighted by Crippen LogP contribution is 2.25. The van der Waals surface area contributed by atoms with Gasteiger partial charge in [0.25, 0.3) is 0 Å². The fourth-order valence-corrected chi connectivity index (χ4v) is 2.12. The molecule has 2 rings (SSSR count). The highest BCUT2D eigenvalue weighted by atomic mass is 16.5. The number of carbonyl (C=O) groups is 1. The predicted octanol–water partition coefficient (Wildman–Crippen LogP) is 1.00. The van der Waals surface area contributed by atoms with E-state index in [0.717, 1.165) is 19.5 Å². The van der Waals surface area contributed by atoms with Gasteiger partial charge in [-0.3, -0.25) is 9.69 Å². The van der Waals surface area contributed by atoms with Crippen LogP contribution >= 0.6 is 0 Å². The van der Waals surface area contributed by atoms with Gasteiger partial charge in [-0.1, -0.05) is 0 Å². The molecule has 1 atom stereocenters. The van der Waals surface area contributed by atoms with Crippen LogP contribution in [0.3, 0.4) is 0 Å². The number of methoxy groups -OCH3 is 1. The molecule has 98 valence electrons. The smallest absolute Gasteiger partial charge is 0.176 e. The zero-order chi connectivity index (χ0) is 13.1. The monoisotopic (exact) mass is 251 g/mol. The van der Waals surface area contributed by atoms with Crippen LogP contribution in [0.4, 0.5) is 0 Å². The maximum Gasteiger partial charge on any atom is 0.176 e. The molecule has 1 fully saturated rings. The van der Waals surface area contributed by atoms with Crippen molar-refractivity contribution in [3.8, 4) is 11.5 Å². The summed E-state index contributed by atoms with van der Waals surface area (Å²) in [7, 11) is 1.67. The van der Waals surface area contributed by atoms with Gasteiger partial charge < -0.3 is 14.9 Å². The number of phenolic OH excluding ortho intramolecular Hbond substituents is 2. The molecular formula is C13H17NO4. The number of likely N-dealkylation sites (tertiary alicyclic amines) is 1. The summed E-state index contributed by atoms with van der Waals surface area (Å²) in [5, 5.41) is 18.5. The summed E-state index contributed by atoms with van der Waals surface area (Å²) in [6, 6.07) is 4.13. The first kappa shape index (κ1) is 12.9. The van der Waals surface area contributed by atoms with Gasteiger partial charge in [-0.2, -0.15) is 0 Å². The first-order valence-electron chi connectivity index (χ1n) is 5.90. The van der Waals surface area contributed by atoms with Crippen LogP contribution in [0, 0.1) is 0 Å². The van der Waals surface area contributed by atoms with Crippen molar-refractivity contribution in [2.45, 2.75) is 12.5 Å². The van der Waals surface area contributed by atoms with E-state index in [9.17, 15) is 15.0 Å². The van der Waals surface area contributed by atoms with Crippen LogP contribution in [0.2, 0.25) is 0 Å². The molecule has 0 aromatic heterocycles. The number of hydrogen-bond donors (Lipinski definition) is 2. The molecule has 0 saturated carbocycles. The molecule has 0 amide bonds. The van der Waals surface area contributed by atoms with E-state index < -0.39 is 0 Å². The first-order valence-corrected chi connectivity index (χ1v) is 5.90. The minimum atomic E-state index is -0.267. The number of Topliss-reactive ketones (excluding diaryl/α,β-unsaturated/α-hetero) is 1. The molecule has 1 aliphatic heterocycles. The molecule has 0 spiro atoms. The second-order valence-electron chi connectivity index (χ2n) is 4.51. The number of rotatable bonds is 4. The van der Waals surface area contributed by atoms with Crippen LogP contribution in [0.5, 0.6) is 11.5 Å². The van der Waals surface area contributed by atoms with Gasteiger partial charge in [0.15, 0.2) is 17.3 Å². The van der Waals surface area contributed by atoms with E-state index in [-0.39, 0.29) is 23.4 Å². The molecule has 0 aliphatic carbocycles. The quantitative estimate of drug-likeness (QED) is 0.617. The molecular weight excluding hydrogens is 234 g/mol. The molecule has 18 heavy (non-hydrogen) atoms. The van der Waals surface area contributed by atoms with E-state index in [0.29, 0.717) is 12.1 Å². The van der Waals surface area contributed by atoms with Crippen LogP contribution in [-0.4, -0.2) is 53.7 Å². The molecule has 1 unspecified atom stereocenters. The Morgan fingerprint density at radius 1 is 1.44 bits per heavy atom. The van der Waals surface area contributed by atoms with Crippen LogP contribution in [0.25, 0.3) is 0 Å². The van der Waals surface area contributed by atoms with E-state index in [1.807, 2.05) is 4.90 Å². The summed E-state index contributed by atoms with van der Waals surface area (Å²) in [6.45, 7) is 1.91. The fourth-order valence-electron chi connectivity index (χ4n) is 2.12. The molecule has 0 radical (unpaired) electrons. The topological polar surface area (TPSA) is 70.0 Å². The van der Waals surface area contributed by atoms with E-state index in [1.54, 1.807) is 7.11 Å². The molecule has 1 aliphatic rings. The lowest BCUT2D eigenvalue weighted by Crippen LogP contribution is -2.29. The maximum atomic E-state index is 12.0. The standard InChI is InChI=1S/C13H17NO4/c1-18-10-4-5-14(7-10)8-13(17)9-2-3-11(15)12(16)6-9/h2-3,6,10,15-16H,4-5,7-8H2,1H3. The third kappa shape index (κ3) is 2.80. The number of hydrogen-bond acceptors (Lipinski definition) is 5. The van der Waals surface area contributed by atoms with Crippen LogP contribution in [0.15, 0.2) is 18.2 Å². The van der Waals surface area contributed by atoms with Gasteiger partial charge in [-0.15, -0.1) is 0 Å². The zero-order valence-electron chi connectivity index (χ0n) is 10.3. The van der Waals surface area contributed by atoms with Gasteiger partial charge >= 0.3 is 0 Å². The van der Waals surface area contributed by atoms with Crippen molar-refractivity contribution in [2.75, 3.05) is 26.7 Å². The largest absolute Gasteiger partial charge is 0.504 e. The molecule has 1 saturated heterocycles. The fraction of sp³-hybridized carbons (Fsp3) is 0.462. The predicted molar refractivity (Wildman–Crippen MR) is 66.0 cm³/mol. The Kier molecular flexibility index (Phi) is 3.84. The summed E-state index contributed by atoms with van der Waals surface area (Å²) >= 11 is 0. The van der Waals surface area contributed by atoms with E-state index in [2.05, 4.69) is 0 Å². The Labute approximate surface area is 106 Å². The molecule has 5 heteroatoms. The minimum Gasteiger partial charge on any atom is -0.504 e. The van der Waals surface area contributed by atoms with Crippen molar-refractivity contribution in [1.82, 2.24) is 4.90 Å². The third-order valence-electron chi connectivity index (χ3n) is 3.23. The molecule has 1 aromatic rings. The van der Waals surface area contributed by atoms with Crippen molar-refractivity contribution < 1.29 is 19.7 Å². The van der Waals surface area contributed by atoms with E-state index in [1.165, 1.54) is 18.2 Å². The Morgan fingerprint density at radius 2 is 2.22 bits per heavy atom. The third-order valence-corrected chi connectivity index (χ3v) is 3.23. The van der Waals surface area contributed by atoms with Crippen LogP contribution < -0.4 is 0 Å². The number of ketones is 1. The lowest BCUT2D eigenvalue weighted by Gasteiger charge is -2.14. The second-order valence-corrected chi connectivity index (χ2v) is 4.51. The summed E-state index contributed by atoms with van der Waals surface area (Å²) < 4.78 is 5.24. The van der Waals surface area contributed by atoms with Gasteiger partial charge in [0.05, 0.1) is 12.6 Å². The number of phenols is 2. The van der Waals surface area contributed by atoms with Gasteiger partial charge in [-0.05, 0) is 24.6 Å². The number of nitrogens with zero attached hydrogens (tertiary/aromatic N) is 1. The zero-order valence-corrected chi connectivity index (χ0v) is 10.3. The normalized spacial score (nSPS) is 20.2. The number of carbonyl (C=O) groups excluding carboxylic acids is 1. The molecule has 0 bridgehead atoms. The van der Waals surface area contributed by atoms with Gasteiger partial charge in [0.1, 0.15) is 0 Å².